The van der Waals surface area contributed by atoms with Gasteiger partial charge in [0.2, 0.25) is 0 Å². The van der Waals surface area contributed by atoms with Crippen molar-refractivity contribution in [2.75, 3.05) is 0 Å². The zero-order chi connectivity index (χ0) is 14.7. The summed E-state index contributed by atoms with van der Waals surface area (Å²) in [5.41, 5.74) is 7.09. The van der Waals surface area contributed by atoms with Gasteiger partial charge in [0.1, 0.15) is 18.2 Å². The molecular weight excluding hydrogens is 266 g/mol. The van der Waals surface area contributed by atoms with Gasteiger partial charge in [-0.3, -0.25) is 4.79 Å². The van der Waals surface area contributed by atoms with Crippen molar-refractivity contribution >= 4 is 10.9 Å². The minimum absolute atomic E-state index is 0.157. The molecule has 0 saturated heterocycles. The van der Waals surface area contributed by atoms with Crippen LogP contribution in [0.5, 0.6) is 5.75 Å². The second kappa shape index (κ2) is 5.76. The van der Waals surface area contributed by atoms with E-state index in [4.69, 9.17) is 10.5 Å². The number of para-hydroxylation sites is 1. The second-order valence-electron chi connectivity index (χ2n) is 4.67. The predicted octanol–water partition coefficient (Wildman–Crippen LogP) is 1.96. The summed E-state index contributed by atoms with van der Waals surface area (Å²) in [6.45, 7) is 0.663. The smallest absolute Gasteiger partial charge is 0.258 e. The highest BCUT2D eigenvalue weighted by atomic mass is 16.5. The first kappa shape index (κ1) is 13.3. The Kier molecular flexibility index (Phi) is 3.66. The van der Waals surface area contributed by atoms with E-state index >= 15 is 0 Å². The van der Waals surface area contributed by atoms with E-state index in [1.165, 1.54) is 0 Å². The van der Waals surface area contributed by atoms with E-state index in [1.54, 1.807) is 6.07 Å². The number of benzene rings is 2. The van der Waals surface area contributed by atoms with Crippen LogP contribution in [0.1, 0.15) is 11.4 Å². The number of H-pyrrole nitrogens is 1. The van der Waals surface area contributed by atoms with E-state index in [-0.39, 0.29) is 12.2 Å². The molecule has 21 heavy (non-hydrogen) atoms. The molecular formula is C16H15N3O2. The zero-order valence-electron chi connectivity index (χ0n) is 11.4. The van der Waals surface area contributed by atoms with Crippen LogP contribution in [0.3, 0.4) is 0 Å². The van der Waals surface area contributed by atoms with Crippen molar-refractivity contribution < 1.29 is 4.74 Å². The van der Waals surface area contributed by atoms with Crippen LogP contribution in [-0.2, 0) is 13.2 Å². The second-order valence-corrected chi connectivity index (χ2v) is 4.67. The quantitative estimate of drug-likeness (QED) is 0.766. The summed E-state index contributed by atoms with van der Waals surface area (Å²) in [5.74, 6) is 1.20. The van der Waals surface area contributed by atoms with Gasteiger partial charge in [0.25, 0.3) is 5.56 Å². The average molecular weight is 281 g/mol. The number of hydrogen-bond donors (Lipinski definition) is 2. The van der Waals surface area contributed by atoms with Crippen molar-refractivity contribution in [1.82, 2.24) is 9.97 Å². The summed E-state index contributed by atoms with van der Waals surface area (Å²) < 4.78 is 5.65. The van der Waals surface area contributed by atoms with E-state index in [9.17, 15) is 4.79 Å². The summed E-state index contributed by atoms with van der Waals surface area (Å²) in [7, 11) is 0. The Morgan fingerprint density at radius 3 is 2.86 bits per heavy atom. The molecule has 0 amide bonds. The molecule has 3 rings (SSSR count). The molecule has 2 aromatic carbocycles. The molecule has 0 saturated carbocycles. The molecule has 0 fully saturated rings. The summed E-state index contributed by atoms with van der Waals surface area (Å²) in [6.07, 6.45) is 0. The third-order valence-electron chi connectivity index (χ3n) is 3.17. The van der Waals surface area contributed by atoms with Crippen LogP contribution < -0.4 is 16.0 Å². The summed E-state index contributed by atoms with van der Waals surface area (Å²) in [4.78, 5) is 19.1. The van der Waals surface area contributed by atoms with E-state index in [1.807, 2.05) is 42.5 Å². The molecule has 106 valence electrons. The lowest BCUT2D eigenvalue weighted by Crippen LogP contribution is -2.13. The summed E-state index contributed by atoms with van der Waals surface area (Å²) >= 11 is 0. The van der Waals surface area contributed by atoms with Crippen LogP contribution in [-0.4, -0.2) is 9.97 Å². The molecule has 0 aliphatic carbocycles. The van der Waals surface area contributed by atoms with Crippen LogP contribution in [0.4, 0.5) is 0 Å². The molecule has 0 radical (unpaired) electrons. The van der Waals surface area contributed by atoms with Gasteiger partial charge in [-0.25, -0.2) is 4.98 Å². The highest BCUT2D eigenvalue weighted by Crippen LogP contribution is 2.14. The molecule has 0 aliphatic rings. The lowest BCUT2D eigenvalue weighted by atomic mass is 10.2. The van der Waals surface area contributed by atoms with Gasteiger partial charge in [-0.1, -0.05) is 24.3 Å². The largest absolute Gasteiger partial charge is 0.486 e. The highest BCUT2D eigenvalue weighted by Gasteiger charge is 2.04. The topological polar surface area (TPSA) is 81.0 Å². The lowest BCUT2D eigenvalue weighted by Gasteiger charge is -2.07. The van der Waals surface area contributed by atoms with E-state index < -0.39 is 0 Å². The number of nitrogens with two attached hydrogens (primary N) is 1. The first-order chi connectivity index (χ1) is 10.3. The van der Waals surface area contributed by atoms with Gasteiger partial charge < -0.3 is 15.5 Å². The lowest BCUT2D eigenvalue weighted by molar-refractivity contribution is 0.295. The molecule has 3 N–H and O–H groups in total. The van der Waals surface area contributed by atoms with Gasteiger partial charge in [0.15, 0.2) is 0 Å². The molecule has 0 aliphatic heterocycles. The van der Waals surface area contributed by atoms with Gasteiger partial charge in [-0.05, 0) is 29.8 Å². The van der Waals surface area contributed by atoms with Gasteiger partial charge in [0, 0.05) is 6.54 Å². The zero-order valence-corrected chi connectivity index (χ0v) is 11.4. The maximum Gasteiger partial charge on any atom is 0.258 e. The average Bonchev–Trinajstić information content (AvgIpc) is 2.53. The van der Waals surface area contributed by atoms with Crippen molar-refractivity contribution in [3.63, 3.8) is 0 Å². The standard InChI is InChI=1S/C16H15N3O2/c17-9-11-4-3-5-12(8-11)21-10-15-18-14-7-2-1-6-13(14)16(20)19-15/h1-8H,9-10,17H2,(H,18,19,20). The van der Waals surface area contributed by atoms with Crippen LogP contribution in [0, 0.1) is 0 Å². The Bertz CT molecular complexity index is 827. The minimum Gasteiger partial charge on any atom is -0.486 e. The van der Waals surface area contributed by atoms with E-state index in [2.05, 4.69) is 9.97 Å². The Morgan fingerprint density at radius 2 is 2.00 bits per heavy atom. The van der Waals surface area contributed by atoms with Gasteiger partial charge in [-0.2, -0.15) is 0 Å². The van der Waals surface area contributed by atoms with Crippen molar-refractivity contribution in [3.8, 4) is 5.75 Å². The van der Waals surface area contributed by atoms with Crippen LogP contribution >= 0.6 is 0 Å². The molecule has 3 aromatic rings. The van der Waals surface area contributed by atoms with Gasteiger partial charge in [0.05, 0.1) is 10.9 Å². The molecule has 5 heteroatoms. The molecule has 0 unspecified atom stereocenters. The van der Waals surface area contributed by atoms with Gasteiger partial charge in [-0.15, -0.1) is 0 Å². The van der Waals surface area contributed by atoms with Crippen LogP contribution in [0.15, 0.2) is 53.3 Å². The Morgan fingerprint density at radius 1 is 1.14 bits per heavy atom. The fourth-order valence-corrected chi connectivity index (χ4v) is 2.12. The predicted molar refractivity (Wildman–Crippen MR) is 81.0 cm³/mol. The third-order valence-corrected chi connectivity index (χ3v) is 3.17. The first-order valence-corrected chi connectivity index (χ1v) is 6.66. The van der Waals surface area contributed by atoms with Crippen LogP contribution in [0.2, 0.25) is 0 Å². The number of rotatable bonds is 4. The number of fused-ring (bicyclic) bond motifs is 1. The molecule has 0 bridgehead atoms. The Balaban J connectivity index is 1.83. The van der Waals surface area contributed by atoms with E-state index in [0.29, 0.717) is 29.0 Å². The number of nitrogens with zero attached hydrogens (tertiary/aromatic N) is 1. The first-order valence-electron chi connectivity index (χ1n) is 6.66. The number of nitrogens with one attached hydrogen (secondary N) is 1. The number of aromatic nitrogens is 2. The molecule has 5 nitrogen and oxygen atoms in total. The SMILES string of the molecule is NCc1cccc(OCc2nc3ccccc3c(=O)[nH]2)c1. The maximum absolute atomic E-state index is 11.9. The summed E-state index contributed by atoms with van der Waals surface area (Å²) in [6, 6.07) is 14.8. The van der Waals surface area contributed by atoms with Crippen LogP contribution in [0.25, 0.3) is 10.9 Å². The van der Waals surface area contributed by atoms with Gasteiger partial charge >= 0.3 is 0 Å². The normalized spacial score (nSPS) is 10.7. The van der Waals surface area contributed by atoms with Crippen molar-refractivity contribution in [3.05, 3.63) is 70.3 Å². The molecule has 0 spiro atoms. The number of hydrogen-bond acceptors (Lipinski definition) is 4. The number of ether oxygens (including phenoxy) is 1. The molecule has 1 aromatic heterocycles. The third kappa shape index (κ3) is 2.93. The monoisotopic (exact) mass is 281 g/mol. The fourth-order valence-electron chi connectivity index (χ4n) is 2.12. The van der Waals surface area contributed by atoms with Crippen molar-refractivity contribution in [2.45, 2.75) is 13.2 Å². The van der Waals surface area contributed by atoms with Crippen molar-refractivity contribution in [2.24, 2.45) is 5.73 Å². The maximum atomic E-state index is 11.9. The summed E-state index contributed by atoms with van der Waals surface area (Å²) in [5, 5.41) is 0.575. The number of aromatic amines is 1. The Labute approximate surface area is 121 Å². The molecule has 1 heterocycles. The molecule has 0 atom stereocenters. The highest BCUT2D eigenvalue weighted by molar-refractivity contribution is 5.77. The fraction of sp³-hybridized carbons (Fsp3) is 0.125. The minimum atomic E-state index is -0.157. The van der Waals surface area contributed by atoms with Crippen molar-refractivity contribution in [1.29, 1.82) is 0 Å². The Hall–Kier alpha value is -2.66. The van der Waals surface area contributed by atoms with E-state index in [0.717, 1.165) is 5.56 Å².